The Morgan fingerprint density at radius 2 is 2.11 bits per heavy atom. The molecule has 0 aromatic carbocycles. The van der Waals surface area contributed by atoms with E-state index in [0.29, 0.717) is 17.5 Å². The van der Waals surface area contributed by atoms with Crippen LogP contribution in [0.5, 0.6) is 0 Å². The van der Waals surface area contributed by atoms with Crippen molar-refractivity contribution in [3.05, 3.63) is 11.6 Å². The highest BCUT2D eigenvalue weighted by atomic mass is 15.3. The number of fused-ring (bicyclic) bond motifs is 1. The van der Waals surface area contributed by atoms with Gasteiger partial charge < -0.3 is 9.88 Å². The van der Waals surface area contributed by atoms with Gasteiger partial charge in [0.1, 0.15) is 11.6 Å². The van der Waals surface area contributed by atoms with Gasteiger partial charge in [-0.2, -0.15) is 0 Å². The van der Waals surface area contributed by atoms with Crippen molar-refractivity contribution < 1.29 is 0 Å². The third-order valence-corrected chi connectivity index (χ3v) is 4.98. The van der Waals surface area contributed by atoms with E-state index in [-0.39, 0.29) is 0 Å². The maximum atomic E-state index is 4.40. The quantitative estimate of drug-likeness (QED) is 0.911. The SMILES string of the molecule is CC(NC1CCCCC1(C)C)c1nnc2n1CCC2. The Labute approximate surface area is 116 Å². The minimum absolute atomic E-state index is 0.307. The topological polar surface area (TPSA) is 42.7 Å². The van der Waals surface area contributed by atoms with Crippen molar-refractivity contribution in [3.63, 3.8) is 0 Å². The van der Waals surface area contributed by atoms with Gasteiger partial charge in [0.15, 0.2) is 0 Å². The van der Waals surface area contributed by atoms with E-state index in [2.05, 4.69) is 40.9 Å². The van der Waals surface area contributed by atoms with Gasteiger partial charge in [0, 0.05) is 19.0 Å². The van der Waals surface area contributed by atoms with Gasteiger partial charge in [-0.15, -0.1) is 10.2 Å². The summed E-state index contributed by atoms with van der Waals surface area (Å²) < 4.78 is 2.31. The number of nitrogens with one attached hydrogen (secondary N) is 1. The Kier molecular flexibility index (Phi) is 3.37. The lowest BCUT2D eigenvalue weighted by Gasteiger charge is -2.40. The summed E-state index contributed by atoms with van der Waals surface area (Å²) in [5.41, 5.74) is 0.403. The molecule has 19 heavy (non-hydrogen) atoms. The molecular formula is C15H26N4. The molecule has 2 unspecified atom stereocenters. The van der Waals surface area contributed by atoms with Crippen molar-refractivity contribution in [2.24, 2.45) is 5.41 Å². The fourth-order valence-electron chi connectivity index (χ4n) is 3.67. The molecule has 3 rings (SSSR count). The van der Waals surface area contributed by atoms with Gasteiger partial charge in [-0.1, -0.05) is 26.7 Å². The molecular weight excluding hydrogens is 236 g/mol. The van der Waals surface area contributed by atoms with Crippen LogP contribution in [0.1, 0.15) is 70.6 Å². The van der Waals surface area contributed by atoms with Gasteiger partial charge in [-0.25, -0.2) is 0 Å². The van der Waals surface area contributed by atoms with Gasteiger partial charge >= 0.3 is 0 Å². The summed E-state index contributed by atoms with van der Waals surface area (Å²) in [5, 5.41) is 12.5. The molecule has 2 atom stereocenters. The van der Waals surface area contributed by atoms with Crippen LogP contribution in [0.15, 0.2) is 0 Å². The summed E-state index contributed by atoms with van der Waals surface area (Å²) in [6, 6.07) is 0.910. The largest absolute Gasteiger partial charge is 0.314 e. The van der Waals surface area contributed by atoms with Crippen LogP contribution in [-0.2, 0) is 13.0 Å². The first-order valence-corrected chi connectivity index (χ1v) is 7.76. The Morgan fingerprint density at radius 3 is 2.89 bits per heavy atom. The van der Waals surface area contributed by atoms with Gasteiger partial charge in [0.05, 0.1) is 6.04 Å². The number of hydrogen-bond donors (Lipinski definition) is 1. The fourth-order valence-corrected chi connectivity index (χ4v) is 3.67. The first-order valence-electron chi connectivity index (χ1n) is 7.76. The third kappa shape index (κ3) is 2.42. The van der Waals surface area contributed by atoms with Crippen LogP contribution >= 0.6 is 0 Å². The third-order valence-electron chi connectivity index (χ3n) is 4.98. The van der Waals surface area contributed by atoms with Crippen LogP contribution in [-0.4, -0.2) is 20.8 Å². The van der Waals surface area contributed by atoms with E-state index >= 15 is 0 Å². The smallest absolute Gasteiger partial charge is 0.149 e. The van der Waals surface area contributed by atoms with E-state index in [0.717, 1.165) is 18.8 Å². The van der Waals surface area contributed by atoms with Crippen LogP contribution in [0.3, 0.4) is 0 Å². The number of aromatic nitrogens is 3. The lowest BCUT2D eigenvalue weighted by Crippen LogP contribution is -2.45. The molecule has 2 heterocycles. The lowest BCUT2D eigenvalue weighted by molar-refractivity contribution is 0.155. The van der Waals surface area contributed by atoms with Gasteiger partial charge in [-0.05, 0) is 31.6 Å². The molecule has 4 heteroatoms. The predicted octanol–water partition coefficient (Wildman–Crippen LogP) is 2.84. The molecule has 1 fully saturated rings. The first-order chi connectivity index (χ1) is 9.08. The van der Waals surface area contributed by atoms with Crippen molar-refractivity contribution in [2.75, 3.05) is 0 Å². The highest BCUT2D eigenvalue weighted by Gasteiger charge is 2.34. The fraction of sp³-hybridized carbons (Fsp3) is 0.867. The summed E-state index contributed by atoms with van der Waals surface area (Å²) in [6.07, 6.45) is 7.66. The number of nitrogens with zero attached hydrogens (tertiary/aromatic N) is 3. The Bertz CT molecular complexity index is 449. The summed E-state index contributed by atoms with van der Waals surface area (Å²) in [7, 11) is 0. The van der Waals surface area contributed by atoms with Crippen molar-refractivity contribution in [1.29, 1.82) is 0 Å². The maximum absolute atomic E-state index is 4.40. The zero-order valence-electron chi connectivity index (χ0n) is 12.4. The van der Waals surface area contributed by atoms with Crippen molar-refractivity contribution in [3.8, 4) is 0 Å². The maximum Gasteiger partial charge on any atom is 0.149 e. The zero-order valence-corrected chi connectivity index (χ0v) is 12.4. The summed E-state index contributed by atoms with van der Waals surface area (Å²) in [6.45, 7) is 8.12. The monoisotopic (exact) mass is 262 g/mol. The second kappa shape index (κ2) is 4.89. The van der Waals surface area contributed by atoms with Crippen molar-refractivity contribution >= 4 is 0 Å². The Hall–Kier alpha value is -0.900. The van der Waals surface area contributed by atoms with E-state index in [1.54, 1.807) is 0 Å². The molecule has 0 amide bonds. The first kappa shape index (κ1) is 13.1. The number of rotatable bonds is 3. The zero-order chi connectivity index (χ0) is 13.5. The summed E-state index contributed by atoms with van der Waals surface area (Å²) >= 11 is 0. The van der Waals surface area contributed by atoms with Crippen LogP contribution in [0.2, 0.25) is 0 Å². The van der Waals surface area contributed by atoms with E-state index in [4.69, 9.17) is 0 Å². The molecule has 4 nitrogen and oxygen atoms in total. The average molecular weight is 262 g/mol. The molecule has 0 saturated heterocycles. The number of aryl methyl sites for hydroxylation is 1. The average Bonchev–Trinajstić information content (AvgIpc) is 2.93. The lowest BCUT2D eigenvalue weighted by atomic mass is 9.73. The normalized spacial score (nSPS) is 27.2. The van der Waals surface area contributed by atoms with Gasteiger partial charge in [0.2, 0.25) is 0 Å². The molecule has 106 valence electrons. The molecule has 2 aliphatic rings. The highest BCUT2D eigenvalue weighted by molar-refractivity contribution is 5.05. The summed E-state index contributed by atoms with van der Waals surface area (Å²) in [5.74, 6) is 2.31. The Morgan fingerprint density at radius 1 is 1.26 bits per heavy atom. The van der Waals surface area contributed by atoms with Crippen LogP contribution in [0.25, 0.3) is 0 Å². The van der Waals surface area contributed by atoms with E-state index < -0.39 is 0 Å². The minimum Gasteiger partial charge on any atom is -0.314 e. The number of hydrogen-bond acceptors (Lipinski definition) is 3. The molecule has 1 aromatic heterocycles. The molecule has 0 bridgehead atoms. The molecule has 1 aromatic rings. The molecule has 1 N–H and O–H groups in total. The second-order valence-corrected chi connectivity index (χ2v) is 6.90. The molecule has 0 radical (unpaired) electrons. The van der Waals surface area contributed by atoms with E-state index in [1.807, 2.05) is 0 Å². The van der Waals surface area contributed by atoms with Crippen LogP contribution in [0.4, 0.5) is 0 Å². The van der Waals surface area contributed by atoms with Gasteiger partial charge in [-0.3, -0.25) is 0 Å². The predicted molar refractivity (Wildman–Crippen MR) is 75.9 cm³/mol. The molecule has 1 aliphatic carbocycles. The second-order valence-electron chi connectivity index (χ2n) is 6.90. The standard InChI is InChI=1S/C15H26N4/c1-11(14-18-17-13-8-6-10-19(13)14)16-12-7-4-5-9-15(12,2)3/h11-12,16H,4-10H2,1-3H3. The van der Waals surface area contributed by atoms with E-state index in [1.165, 1.54) is 37.9 Å². The molecule has 0 spiro atoms. The summed E-state index contributed by atoms with van der Waals surface area (Å²) in [4.78, 5) is 0. The van der Waals surface area contributed by atoms with Crippen LogP contribution < -0.4 is 5.32 Å². The minimum atomic E-state index is 0.307. The highest BCUT2D eigenvalue weighted by Crippen LogP contribution is 2.36. The van der Waals surface area contributed by atoms with Crippen molar-refractivity contribution in [2.45, 2.75) is 77.9 Å². The van der Waals surface area contributed by atoms with Crippen molar-refractivity contribution in [1.82, 2.24) is 20.1 Å². The van der Waals surface area contributed by atoms with Crippen LogP contribution in [0, 0.1) is 5.41 Å². The van der Waals surface area contributed by atoms with Gasteiger partial charge in [0.25, 0.3) is 0 Å². The Balaban J connectivity index is 1.72. The van der Waals surface area contributed by atoms with E-state index in [9.17, 15) is 0 Å². The molecule has 1 saturated carbocycles. The molecule has 1 aliphatic heterocycles.